The maximum atomic E-state index is 13.4. The third-order valence-electron chi connectivity index (χ3n) is 11.2. The number of alkyl carbamates (subject to hydrolysis) is 2. The van der Waals surface area contributed by atoms with Gasteiger partial charge in [0.05, 0.1) is 26.8 Å². The molecule has 2 aliphatic carbocycles. The summed E-state index contributed by atoms with van der Waals surface area (Å²) in [7, 11) is 2.52. The van der Waals surface area contributed by atoms with E-state index in [9.17, 15) is 19.2 Å². The maximum absolute atomic E-state index is 13.4. The fourth-order valence-electron chi connectivity index (χ4n) is 7.80. The van der Waals surface area contributed by atoms with E-state index < -0.39 is 24.3 Å². The molecule has 4 amide bonds. The number of imidazole rings is 2. The average Bonchev–Trinajstić information content (AvgIpc) is 3.84. The van der Waals surface area contributed by atoms with Crippen LogP contribution in [0, 0.1) is 17.8 Å². The van der Waals surface area contributed by atoms with Crippen LogP contribution in [0.25, 0.3) is 33.6 Å². The lowest BCUT2D eigenvalue weighted by molar-refractivity contribution is -0.135. The lowest BCUT2D eigenvalue weighted by atomic mass is 10.0. The fourth-order valence-corrected chi connectivity index (χ4v) is 8.31. The van der Waals surface area contributed by atoms with Gasteiger partial charge < -0.3 is 39.9 Å². The number of hydrogen-bond donors (Lipinski definition) is 4. The SMILES string of the molecule is COC(=O)NC(C)C(=O)N(Cc1nc(-c2ccc(-c3ccc(-c4nc(C5CC6CC6N5C(=O)C(C)NC(=O)OC)[nH]c4Cl)cc3)cc2)c(Cl)[nH]1)C1C(C)C1C. The van der Waals surface area contributed by atoms with E-state index in [1.165, 1.54) is 14.2 Å². The predicted octanol–water partition coefficient (Wildman–Crippen LogP) is 6.57. The van der Waals surface area contributed by atoms with Crippen molar-refractivity contribution in [3.8, 4) is 33.6 Å². The highest BCUT2D eigenvalue weighted by molar-refractivity contribution is 6.32. The van der Waals surface area contributed by atoms with Crippen molar-refractivity contribution in [1.29, 1.82) is 0 Å². The van der Waals surface area contributed by atoms with Crippen LogP contribution in [0.5, 0.6) is 0 Å². The Kier molecular flexibility index (Phi) is 10.6. The van der Waals surface area contributed by atoms with Gasteiger partial charge in [-0.05, 0) is 55.6 Å². The van der Waals surface area contributed by atoms with Crippen LogP contribution < -0.4 is 10.6 Å². The van der Waals surface area contributed by atoms with Gasteiger partial charge in [0, 0.05) is 23.2 Å². The van der Waals surface area contributed by atoms with Crippen molar-refractivity contribution in [3.63, 3.8) is 0 Å². The summed E-state index contributed by atoms with van der Waals surface area (Å²) in [6.45, 7) is 7.69. The fraction of sp³-hybridized carbons (Fsp3) is 0.436. The molecule has 2 aromatic heterocycles. The Balaban J connectivity index is 1.03. The van der Waals surface area contributed by atoms with Gasteiger partial charge in [-0.1, -0.05) is 85.6 Å². The van der Waals surface area contributed by atoms with Gasteiger partial charge in [-0.25, -0.2) is 19.6 Å². The minimum absolute atomic E-state index is 0.0180. The Hall–Kier alpha value is -5.08. The highest BCUT2D eigenvalue weighted by atomic mass is 35.5. The summed E-state index contributed by atoms with van der Waals surface area (Å²) in [5.74, 6) is 1.77. The Morgan fingerprint density at radius 3 is 1.85 bits per heavy atom. The number of likely N-dealkylation sites (tertiary alicyclic amines) is 1. The van der Waals surface area contributed by atoms with E-state index in [1.807, 2.05) is 53.4 Å². The van der Waals surface area contributed by atoms with Crippen LogP contribution in [-0.2, 0) is 25.6 Å². The van der Waals surface area contributed by atoms with Crippen LogP contribution in [-0.4, -0.2) is 92.1 Å². The minimum Gasteiger partial charge on any atom is -0.453 e. The van der Waals surface area contributed by atoms with Crippen molar-refractivity contribution >= 4 is 47.2 Å². The molecule has 3 fully saturated rings. The number of fused-ring (bicyclic) bond motifs is 1. The Labute approximate surface area is 328 Å². The standard InChI is InChI=1S/C39H44Cl2N8O6/c1-18-19(2)32(18)48(36(50)20(3)42-38(52)54-5)17-29-44-30(33(40)45-29)24-11-7-22(8-12-24)23-9-13-25(14-10-23)31-34(41)47-35(46-31)28-16-26-15-27(26)49(28)37(51)21(4)43-39(53)55-6/h7-14,18-21,26-28,32H,15-17H2,1-6H3,(H,42,52)(H,43,53)(H,44,45)(H,46,47). The van der Waals surface area contributed by atoms with E-state index in [-0.39, 0.29) is 36.5 Å². The summed E-state index contributed by atoms with van der Waals surface area (Å²) in [5.41, 5.74) is 4.75. The first-order valence-electron chi connectivity index (χ1n) is 18.3. The Morgan fingerprint density at radius 2 is 1.31 bits per heavy atom. The number of aromatic amines is 2. The van der Waals surface area contributed by atoms with Gasteiger partial charge >= 0.3 is 12.2 Å². The first-order valence-corrected chi connectivity index (χ1v) is 19.1. The number of amides is 4. The molecule has 0 radical (unpaired) electrons. The average molecular weight is 792 g/mol. The van der Waals surface area contributed by atoms with Crippen molar-refractivity contribution in [1.82, 2.24) is 40.4 Å². The van der Waals surface area contributed by atoms with Crippen molar-refractivity contribution in [2.24, 2.45) is 17.8 Å². The Bertz CT molecular complexity index is 2100. The van der Waals surface area contributed by atoms with Gasteiger partial charge in [0.15, 0.2) is 0 Å². The number of halogens is 2. The summed E-state index contributed by atoms with van der Waals surface area (Å²) >= 11 is 13.3. The van der Waals surface area contributed by atoms with Crippen LogP contribution in [0.1, 0.15) is 58.2 Å². The molecule has 3 heterocycles. The third-order valence-corrected chi connectivity index (χ3v) is 11.8. The second-order valence-electron chi connectivity index (χ2n) is 14.7. The number of carbonyl (C=O) groups is 4. The summed E-state index contributed by atoms with van der Waals surface area (Å²) < 4.78 is 9.35. The summed E-state index contributed by atoms with van der Waals surface area (Å²) in [4.78, 5) is 69.9. The van der Waals surface area contributed by atoms with E-state index in [1.54, 1.807) is 18.7 Å². The molecule has 2 saturated carbocycles. The molecule has 1 aliphatic heterocycles. The van der Waals surface area contributed by atoms with Gasteiger partial charge in [-0.3, -0.25) is 9.59 Å². The molecule has 7 unspecified atom stereocenters. The molecular weight excluding hydrogens is 747 g/mol. The molecule has 16 heteroatoms. The van der Waals surface area contributed by atoms with E-state index in [4.69, 9.17) is 33.2 Å². The molecule has 0 spiro atoms. The molecule has 290 valence electrons. The molecule has 7 rings (SSSR count). The predicted molar refractivity (Wildman–Crippen MR) is 206 cm³/mol. The third kappa shape index (κ3) is 7.62. The molecule has 4 N–H and O–H groups in total. The number of nitrogens with zero attached hydrogens (tertiary/aromatic N) is 4. The van der Waals surface area contributed by atoms with Crippen molar-refractivity contribution in [2.45, 2.75) is 77.3 Å². The smallest absolute Gasteiger partial charge is 0.407 e. The van der Waals surface area contributed by atoms with Gasteiger partial charge in [-0.2, -0.15) is 0 Å². The number of nitrogens with one attached hydrogen (secondary N) is 4. The molecule has 55 heavy (non-hydrogen) atoms. The van der Waals surface area contributed by atoms with Gasteiger partial charge in [0.25, 0.3) is 0 Å². The number of carbonyl (C=O) groups excluding carboxylic acids is 4. The molecule has 1 saturated heterocycles. The number of H-pyrrole nitrogens is 2. The van der Waals surface area contributed by atoms with Gasteiger partial charge in [0.2, 0.25) is 11.8 Å². The molecule has 7 atom stereocenters. The van der Waals surface area contributed by atoms with E-state index in [0.717, 1.165) is 35.1 Å². The molecule has 3 aliphatic rings. The van der Waals surface area contributed by atoms with Crippen LogP contribution in [0.15, 0.2) is 48.5 Å². The number of aromatic nitrogens is 4. The van der Waals surface area contributed by atoms with Crippen molar-refractivity contribution < 1.29 is 28.7 Å². The zero-order valence-corrected chi connectivity index (χ0v) is 32.9. The van der Waals surface area contributed by atoms with Crippen LogP contribution in [0.2, 0.25) is 10.3 Å². The summed E-state index contributed by atoms with van der Waals surface area (Å²) in [6.07, 6.45) is 0.387. The zero-order valence-electron chi connectivity index (χ0n) is 31.4. The van der Waals surface area contributed by atoms with E-state index in [2.05, 4.69) is 43.9 Å². The molecule has 4 aromatic rings. The second kappa shape index (κ2) is 15.2. The number of methoxy groups -OCH3 is 2. The highest BCUT2D eigenvalue weighted by Crippen LogP contribution is 2.53. The molecular formula is C39H44Cl2N8O6. The van der Waals surface area contributed by atoms with Crippen molar-refractivity contribution in [2.75, 3.05) is 14.2 Å². The first-order chi connectivity index (χ1) is 26.3. The Morgan fingerprint density at radius 1 is 0.800 bits per heavy atom. The largest absolute Gasteiger partial charge is 0.453 e. The zero-order chi connectivity index (χ0) is 39.3. The number of benzene rings is 2. The van der Waals surface area contributed by atoms with E-state index >= 15 is 0 Å². The molecule has 14 nitrogen and oxygen atoms in total. The van der Waals surface area contributed by atoms with Crippen LogP contribution in [0.4, 0.5) is 9.59 Å². The second-order valence-corrected chi connectivity index (χ2v) is 15.5. The highest BCUT2D eigenvalue weighted by Gasteiger charge is 2.56. The normalized spacial score (nSPS) is 23.3. The minimum atomic E-state index is -0.772. The monoisotopic (exact) mass is 790 g/mol. The first kappa shape index (κ1) is 38.2. The molecule has 0 bridgehead atoms. The van der Waals surface area contributed by atoms with Crippen LogP contribution in [0.3, 0.4) is 0 Å². The van der Waals surface area contributed by atoms with Crippen molar-refractivity contribution in [3.05, 3.63) is 70.5 Å². The number of piperidine rings is 1. The van der Waals surface area contributed by atoms with Gasteiger partial charge in [0.1, 0.15) is 45.4 Å². The van der Waals surface area contributed by atoms with E-state index in [0.29, 0.717) is 51.1 Å². The summed E-state index contributed by atoms with van der Waals surface area (Å²) in [6, 6.07) is 14.1. The van der Waals surface area contributed by atoms with Gasteiger partial charge in [-0.15, -0.1) is 0 Å². The molecule has 2 aromatic carbocycles. The number of rotatable bonds is 11. The lowest BCUT2D eigenvalue weighted by Gasteiger charge is -2.29. The lowest BCUT2D eigenvalue weighted by Crippen LogP contribution is -2.48. The van der Waals surface area contributed by atoms with Crippen LogP contribution >= 0.6 is 23.2 Å². The topological polar surface area (TPSA) is 175 Å². The quantitative estimate of drug-likeness (QED) is 0.132. The number of ether oxygens (including phenoxy) is 2. The summed E-state index contributed by atoms with van der Waals surface area (Å²) in [5, 5.41) is 5.89. The maximum Gasteiger partial charge on any atom is 0.407 e. The number of hydrogen-bond acceptors (Lipinski definition) is 8.